The minimum absolute atomic E-state index is 0.999. The highest BCUT2D eigenvalue weighted by Crippen LogP contribution is 2.07. The molecule has 16 heavy (non-hydrogen) atoms. The molecular weight excluding hydrogens is 196 g/mol. The van der Waals surface area contributed by atoms with Gasteiger partial charge in [-0.05, 0) is 31.6 Å². The zero-order valence-corrected chi connectivity index (χ0v) is 11.1. The molecule has 0 amide bonds. The van der Waals surface area contributed by atoms with E-state index >= 15 is 0 Å². The van der Waals surface area contributed by atoms with Crippen LogP contribution in [0.5, 0.6) is 0 Å². The summed E-state index contributed by atoms with van der Waals surface area (Å²) in [5.41, 5.74) is 0. The Morgan fingerprint density at radius 2 is 1.62 bits per heavy atom. The molecule has 0 aromatic carbocycles. The van der Waals surface area contributed by atoms with Crippen molar-refractivity contribution in [1.82, 2.24) is 0 Å². The summed E-state index contributed by atoms with van der Waals surface area (Å²) < 4.78 is 0. The normalized spacial score (nSPS) is 24.5. The molecule has 1 aliphatic heterocycles. The monoisotopic (exact) mass is 224 g/mol. The molecule has 0 aromatic heterocycles. The molecule has 1 rings (SSSR count). The highest BCUT2D eigenvalue weighted by molar-refractivity contribution is 4.55. The average Bonchev–Trinajstić information content (AvgIpc) is 2.34. The zero-order chi connectivity index (χ0) is 12.2. The van der Waals surface area contributed by atoms with Gasteiger partial charge < -0.3 is 16.7 Å². The molecule has 0 aromatic rings. The SMILES string of the molecule is CCCCCCC[NH+]1CCC(C)CC1.[C-]#N. The van der Waals surface area contributed by atoms with Crippen molar-refractivity contribution in [3.05, 3.63) is 6.57 Å². The third kappa shape index (κ3) is 7.70. The summed E-state index contributed by atoms with van der Waals surface area (Å²) in [5, 5.41) is 6.25. The third-order valence-corrected chi connectivity index (χ3v) is 3.62. The highest BCUT2D eigenvalue weighted by atomic mass is 15.1. The van der Waals surface area contributed by atoms with Crippen molar-refractivity contribution in [3.63, 3.8) is 0 Å². The van der Waals surface area contributed by atoms with Crippen LogP contribution in [-0.2, 0) is 0 Å². The van der Waals surface area contributed by atoms with Crippen LogP contribution in [0.4, 0.5) is 0 Å². The van der Waals surface area contributed by atoms with Crippen LogP contribution in [0.1, 0.15) is 58.8 Å². The summed E-state index contributed by atoms with van der Waals surface area (Å²) in [4.78, 5) is 1.87. The Bertz CT molecular complexity index is 157. The molecular formula is C14H28N2. The van der Waals surface area contributed by atoms with E-state index in [1.165, 1.54) is 64.6 Å². The van der Waals surface area contributed by atoms with Crippen LogP contribution >= 0.6 is 0 Å². The van der Waals surface area contributed by atoms with Crippen molar-refractivity contribution >= 4 is 0 Å². The lowest BCUT2D eigenvalue weighted by Crippen LogP contribution is -3.13. The number of hydrogen-bond acceptors (Lipinski definition) is 1. The van der Waals surface area contributed by atoms with Crippen molar-refractivity contribution < 1.29 is 4.90 Å². The van der Waals surface area contributed by atoms with Gasteiger partial charge in [0.05, 0.1) is 19.6 Å². The van der Waals surface area contributed by atoms with Gasteiger partial charge in [0.2, 0.25) is 0 Å². The van der Waals surface area contributed by atoms with E-state index in [0.717, 1.165) is 5.92 Å². The molecule has 1 aliphatic rings. The second-order valence-electron chi connectivity index (χ2n) is 5.10. The van der Waals surface area contributed by atoms with Crippen LogP contribution in [0.2, 0.25) is 0 Å². The van der Waals surface area contributed by atoms with Crippen molar-refractivity contribution in [2.24, 2.45) is 5.92 Å². The van der Waals surface area contributed by atoms with Crippen LogP contribution in [0.25, 0.3) is 0 Å². The van der Waals surface area contributed by atoms with E-state index < -0.39 is 0 Å². The fraction of sp³-hybridized carbons (Fsp3) is 0.929. The maximum atomic E-state index is 6.25. The number of nitrogens with one attached hydrogen (secondary N) is 1. The van der Waals surface area contributed by atoms with Gasteiger partial charge >= 0.3 is 0 Å². The number of rotatable bonds is 6. The second kappa shape index (κ2) is 11.0. The molecule has 0 unspecified atom stereocenters. The highest BCUT2D eigenvalue weighted by Gasteiger charge is 2.17. The first kappa shape index (κ1) is 15.4. The van der Waals surface area contributed by atoms with Crippen LogP contribution in [-0.4, -0.2) is 19.6 Å². The Morgan fingerprint density at radius 3 is 2.19 bits per heavy atom. The molecule has 0 saturated carbocycles. The largest absolute Gasteiger partial charge is 0.512 e. The van der Waals surface area contributed by atoms with E-state index in [1.54, 1.807) is 0 Å². The van der Waals surface area contributed by atoms with Gasteiger partial charge in [-0.3, -0.25) is 0 Å². The van der Waals surface area contributed by atoms with Crippen LogP contribution in [0, 0.1) is 17.8 Å². The number of likely N-dealkylation sites (tertiary alicyclic amines) is 1. The number of piperidine rings is 1. The van der Waals surface area contributed by atoms with Gasteiger partial charge in [0.25, 0.3) is 0 Å². The molecule has 1 saturated heterocycles. The number of unbranched alkanes of at least 4 members (excludes halogenated alkanes) is 4. The Morgan fingerprint density at radius 1 is 1.06 bits per heavy atom. The minimum atomic E-state index is 0.999. The Balaban J connectivity index is 0.00000106. The average molecular weight is 224 g/mol. The van der Waals surface area contributed by atoms with Gasteiger partial charge in [0.15, 0.2) is 0 Å². The summed E-state index contributed by atoms with van der Waals surface area (Å²) in [6.45, 7) is 13.8. The topological polar surface area (TPSA) is 28.2 Å². The van der Waals surface area contributed by atoms with Gasteiger partial charge in [-0.25, -0.2) is 0 Å². The van der Waals surface area contributed by atoms with E-state index in [-0.39, 0.29) is 0 Å². The summed E-state index contributed by atoms with van der Waals surface area (Å²) in [7, 11) is 0. The van der Waals surface area contributed by atoms with Crippen molar-refractivity contribution in [2.45, 2.75) is 58.8 Å². The second-order valence-corrected chi connectivity index (χ2v) is 5.10. The van der Waals surface area contributed by atoms with Gasteiger partial charge in [-0.2, -0.15) is 0 Å². The minimum Gasteiger partial charge on any atom is -0.512 e. The van der Waals surface area contributed by atoms with E-state index in [2.05, 4.69) is 13.8 Å². The molecule has 2 nitrogen and oxygen atoms in total. The number of nitrogens with zero attached hydrogens (tertiary/aromatic N) is 1. The molecule has 1 fully saturated rings. The molecule has 1 N–H and O–H groups in total. The first-order valence-corrected chi connectivity index (χ1v) is 6.89. The maximum Gasteiger partial charge on any atom is 0.0773 e. The maximum absolute atomic E-state index is 6.25. The molecule has 0 spiro atoms. The van der Waals surface area contributed by atoms with E-state index in [4.69, 9.17) is 11.8 Å². The van der Waals surface area contributed by atoms with Crippen LogP contribution in [0.15, 0.2) is 0 Å². The van der Waals surface area contributed by atoms with Crippen molar-refractivity contribution in [2.75, 3.05) is 19.6 Å². The van der Waals surface area contributed by atoms with Gasteiger partial charge in [0.1, 0.15) is 0 Å². The fourth-order valence-corrected chi connectivity index (χ4v) is 2.40. The zero-order valence-electron chi connectivity index (χ0n) is 11.1. The van der Waals surface area contributed by atoms with Gasteiger partial charge in [-0.1, -0.05) is 33.1 Å². The van der Waals surface area contributed by atoms with E-state index in [9.17, 15) is 0 Å². The standard InChI is InChI=1S/C13H27N.CN/c1-3-4-5-6-7-10-14-11-8-13(2)9-12-14;1-2/h13H,3-12H2,1-2H3;/q;-1/p+1. The molecule has 0 radical (unpaired) electrons. The molecule has 2 heteroatoms. The summed E-state index contributed by atoms with van der Waals surface area (Å²) in [5.74, 6) is 0.999. The smallest absolute Gasteiger partial charge is 0.0773 e. The van der Waals surface area contributed by atoms with Gasteiger partial charge in [-0.15, -0.1) is 0 Å². The molecule has 94 valence electrons. The quantitative estimate of drug-likeness (QED) is 0.544. The van der Waals surface area contributed by atoms with Crippen molar-refractivity contribution in [1.29, 1.82) is 5.26 Å². The van der Waals surface area contributed by atoms with E-state index in [0.29, 0.717) is 0 Å². The van der Waals surface area contributed by atoms with Crippen molar-refractivity contribution in [3.8, 4) is 0 Å². The molecule has 1 heterocycles. The predicted octanol–water partition coefficient (Wildman–Crippen LogP) is 2.37. The lowest BCUT2D eigenvalue weighted by molar-refractivity contribution is -0.906. The molecule has 0 bridgehead atoms. The molecule has 0 aliphatic carbocycles. The Labute approximate surface area is 102 Å². The van der Waals surface area contributed by atoms with Crippen LogP contribution in [0.3, 0.4) is 0 Å². The summed E-state index contributed by atoms with van der Waals surface area (Å²) in [6, 6.07) is 0. The molecule has 0 atom stereocenters. The first-order valence-electron chi connectivity index (χ1n) is 6.89. The number of quaternary nitrogens is 1. The summed E-state index contributed by atoms with van der Waals surface area (Å²) in [6.07, 6.45) is 10.1. The van der Waals surface area contributed by atoms with Crippen LogP contribution < -0.4 is 4.90 Å². The lowest BCUT2D eigenvalue weighted by Gasteiger charge is -2.27. The Hall–Kier alpha value is -0.550. The Kier molecular flexibility index (Phi) is 10.6. The third-order valence-electron chi connectivity index (χ3n) is 3.62. The number of hydrogen-bond donors (Lipinski definition) is 1. The van der Waals surface area contributed by atoms with Gasteiger partial charge in [0, 0.05) is 0 Å². The van der Waals surface area contributed by atoms with E-state index in [1.807, 2.05) is 4.90 Å². The first-order chi connectivity index (χ1) is 7.83. The fourth-order valence-electron chi connectivity index (χ4n) is 2.40. The predicted molar refractivity (Wildman–Crippen MR) is 67.7 cm³/mol. The summed E-state index contributed by atoms with van der Waals surface area (Å²) >= 11 is 0. The lowest BCUT2D eigenvalue weighted by atomic mass is 9.99.